The molecule has 0 radical (unpaired) electrons. The summed E-state index contributed by atoms with van der Waals surface area (Å²) >= 11 is 0. The Labute approximate surface area is 255 Å². The molecule has 2 rings (SSSR count). The molecule has 45 heavy (non-hydrogen) atoms. The summed E-state index contributed by atoms with van der Waals surface area (Å²) < 4.78 is 79.2. The van der Waals surface area contributed by atoms with Crippen LogP contribution in [-0.2, 0) is 26.7 Å². The smallest absolute Gasteiger partial charge is 0.416 e. The van der Waals surface area contributed by atoms with Crippen molar-refractivity contribution in [3.63, 3.8) is 0 Å². The first-order chi connectivity index (χ1) is 20.9. The minimum Gasteiger partial charge on any atom is -0.480 e. The Morgan fingerprint density at radius 2 is 0.956 bits per heavy atom. The van der Waals surface area contributed by atoms with Crippen molar-refractivity contribution in [2.24, 2.45) is 0 Å². The van der Waals surface area contributed by atoms with Gasteiger partial charge in [-0.1, -0.05) is 0 Å². The summed E-state index contributed by atoms with van der Waals surface area (Å²) in [5.41, 5.74) is -4.05. The number of hydrogen-bond donors (Lipinski definition) is 4. The molecule has 18 heteroatoms. The largest absolute Gasteiger partial charge is 0.480 e. The standard InChI is InChI=1S/C27H37F6N5O7/c28-26(29,30)20-13-19(14-21(15-20)27(31,32)33)25(45)34-3-8-35-4-1-5-37(17-23(41)42)11-12-38(18-24(43)44)7-2-6-36(10-9-35)16-22(39)40/h13-15H,1-12,16-18H2,(H,34,45)(H,39,40)(H,41,42)(H,43,44). The molecule has 0 spiro atoms. The fourth-order valence-corrected chi connectivity index (χ4v) is 4.84. The molecule has 1 aromatic rings. The molecule has 1 aliphatic rings. The molecule has 0 atom stereocenters. The van der Waals surface area contributed by atoms with Crippen LogP contribution in [0.3, 0.4) is 0 Å². The molecule has 1 aliphatic heterocycles. The molecular weight excluding hydrogens is 620 g/mol. The average molecular weight is 658 g/mol. The highest BCUT2D eigenvalue weighted by Gasteiger charge is 2.37. The summed E-state index contributed by atoms with van der Waals surface area (Å²) in [5.74, 6) is -4.35. The summed E-state index contributed by atoms with van der Waals surface area (Å²) in [7, 11) is 0. The van der Waals surface area contributed by atoms with Crippen LogP contribution >= 0.6 is 0 Å². The fourth-order valence-electron chi connectivity index (χ4n) is 4.84. The van der Waals surface area contributed by atoms with E-state index in [9.17, 15) is 60.8 Å². The van der Waals surface area contributed by atoms with Gasteiger partial charge >= 0.3 is 30.3 Å². The first kappa shape index (κ1) is 37.7. The molecule has 4 N–H and O–H groups in total. The molecule has 0 aliphatic carbocycles. The number of carboxylic acid groups (broad SMARTS) is 3. The average Bonchev–Trinajstić information content (AvgIpc) is 2.91. The van der Waals surface area contributed by atoms with Crippen LogP contribution in [0.4, 0.5) is 26.3 Å². The van der Waals surface area contributed by atoms with Gasteiger partial charge in [0.1, 0.15) is 0 Å². The van der Waals surface area contributed by atoms with Crippen LogP contribution in [0.15, 0.2) is 18.2 Å². The summed E-state index contributed by atoms with van der Waals surface area (Å²) in [4.78, 5) is 53.5. The highest BCUT2D eigenvalue weighted by molar-refractivity contribution is 5.94. The molecule has 1 aromatic carbocycles. The van der Waals surface area contributed by atoms with Gasteiger partial charge in [-0.05, 0) is 37.6 Å². The van der Waals surface area contributed by atoms with Crippen LogP contribution in [0.5, 0.6) is 0 Å². The van der Waals surface area contributed by atoms with E-state index in [1.54, 1.807) is 14.7 Å². The minimum absolute atomic E-state index is 0.0717. The predicted octanol–water partition coefficient (Wildman–Crippen LogP) is 1.71. The normalized spacial score (nSPS) is 17.8. The van der Waals surface area contributed by atoms with E-state index in [2.05, 4.69) is 5.32 Å². The Balaban J connectivity index is 2.15. The Morgan fingerprint density at radius 1 is 0.600 bits per heavy atom. The second kappa shape index (κ2) is 17.3. The first-order valence-electron chi connectivity index (χ1n) is 14.1. The van der Waals surface area contributed by atoms with Gasteiger partial charge in [-0.15, -0.1) is 0 Å². The third kappa shape index (κ3) is 14.4. The monoisotopic (exact) mass is 657 g/mol. The van der Waals surface area contributed by atoms with Crippen LogP contribution in [0, 0.1) is 0 Å². The third-order valence-electron chi connectivity index (χ3n) is 7.00. The highest BCUT2D eigenvalue weighted by Crippen LogP contribution is 2.36. The van der Waals surface area contributed by atoms with E-state index in [1.165, 1.54) is 0 Å². The summed E-state index contributed by atoms with van der Waals surface area (Å²) in [6.45, 7) is 1.43. The van der Waals surface area contributed by atoms with Crippen molar-refractivity contribution in [3.05, 3.63) is 34.9 Å². The third-order valence-corrected chi connectivity index (χ3v) is 7.00. The van der Waals surface area contributed by atoms with Crippen LogP contribution < -0.4 is 5.32 Å². The first-order valence-corrected chi connectivity index (χ1v) is 14.1. The van der Waals surface area contributed by atoms with Gasteiger partial charge in [-0.25, -0.2) is 0 Å². The van der Waals surface area contributed by atoms with Crippen molar-refractivity contribution in [2.45, 2.75) is 25.2 Å². The molecule has 12 nitrogen and oxygen atoms in total. The fraction of sp³-hybridized carbons (Fsp3) is 0.630. The molecule has 1 heterocycles. The number of nitrogens with zero attached hydrogens (tertiary/aromatic N) is 4. The maximum atomic E-state index is 13.2. The Kier molecular flexibility index (Phi) is 14.5. The van der Waals surface area contributed by atoms with E-state index in [4.69, 9.17) is 0 Å². The van der Waals surface area contributed by atoms with Gasteiger partial charge < -0.3 is 25.5 Å². The Bertz CT molecular complexity index is 1140. The summed E-state index contributed by atoms with van der Waals surface area (Å²) in [6, 6.07) is 0.604. The van der Waals surface area contributed by atoms with Crippen LogP contribution in [0.2, 0.25) is 0 Å². The number of aliphatic carboxylic acids is 3. The van der Waals surface area contributed by atoms with Gasteiger partial charge in [0.2, 0.25) is 0 Å². The maximum Gasteiger partial charge on any atom is 0.416 e. The van der Waals surface area contributed by atoms with Crippen molar-refractivity contribution in [1.29, 1.82) is 0 Å². The van der Waals surface area contributed by atoms with E-state index >= 15 is 0 Å². The van der Waals surface area contributed by atoms with Crippen molar-refractivity contribution >= 4 is 23.8 Å². The number of benzene rings is 1. The lowest BCUT2D eigenvalue weighted by Crippen LogP contribution is -2.45. The molecule has 1 saturated heterocycles. The van der Waals surface area contributed by atoms with Crippen LogP contribution in [-0.4, -0.2) is 144 Å². The lowest BCUT2D eigenvalue weighted by atomic mass is 10.0. The second-order valence-electron chi connectivity index (χ2n) is 10.6. The molecular formula is C27H37F6N5O7. The number of nitrogens with one attached hydrogen (secondary N) is 1. The van der Waals surface area contributed by atoms with E-state index in [1.807, 2.05) is 4.90 Å². The number of rotatable bonds is 10. The van der Waals surface area contributed by atoms with E-state index in [0.29, 0.717) is 51.2 Å². The van der Waals surface area contributed by atoms with Gasteiger partial charge in [0.05, 0.1) is 30.8 Å². The number of carbonyl (C=O) groups excluding carboxylic acids is 1. The molecule has 254 valence electrons. The molecule has 1 fully saturated rings. The number of carbonyl (C=O) groups is 4. The molecule has 1 amide bonds. The maximum absolute atomic E-state index is 13.2. The van der Waals surface area contributed by atoms with Gasteiger partial charge in [0.15, 0.2) is 0 Å². The van der Waals surface area contributed by atoms with Crippen molar-refractivity contribution < 1.29 is 60.8 Å². The topological polar surface area (TPSA) is 154 Å². The number of hydrogen-bond acceptors (Lipinski definition) is 8. The summed E-state index contributed by atoms with van der Waals surface area (Å²) in [6.07, 6.45) is -9.38. The zero-order valence-corrected chi connectivity index (χ0v) is 24.4. The van der Waals surface area contributed by atoms with Gasteiger partial charge in [0.25, 0.3) is 5.91 Å². The SMILES string of the molecule is O=C(O)CN1CCCN(CC(=O)O)CCN(CC(=O)O)CCCN(CCNC(=O)c2cc(C(F)(F)F)cc(C(F)(F)F)c2)CC1. The Hall–Kier alpha value is -3.48. The zero-order chi connectivity index (χ0) is 33.8. The second-order valence-corrected chi connectivity index (χ2v) is 10.6. The van der Waals surface area contributed by atoms with Gasteiger partial charge in [-0.2, -0.15) is 26.3 Å². The molecule has 0 bridgehead atoms. The quantitative estimate of drug-likeness (QED) is 0.272. The predicted molar refractivity (Wildman–Crippen MR) is 147 cm³/mol. The summed E-state index contributed by atoms with van der Waals surface area (Å²) in [5, 5.41) is 30.2. The molecule has 0 saturated carbocycles. The van der Waals surface area contributed by atoms with E-state index < -0.39 is 52.9 Å². The van der Waals surface area contributed by atoms with Gasteiger partial charge in [0, 0.05) is 64.5 Å². The lowest BCUT2D eigenvalue weighted by molar-refractivity contribution is -0.143. The van der Waals surface area contributed by atoms with Gasteiger partial charge in [-0.3, -0.25) is 33.9 Å². The number of alkyl halides is 6. The van der Waals surface area contributed by atoms with Crippen molar-refractivity contribution in [3.8, 4) is 0 Å². The number of halogens is 6. The van der Waals surface area contributed by atoms with E-state index in [-0.39, 0.29) is 65.0 Å². The molecule has 0 unspecified atom stereocenters. The molecule has 0 aromatic heterocycles. The number of carboxylic acids is 3. The van der Waals surface area contributed by atoms with Crippen LogP contribution in [0.1, 0.15) is 34.3 Å². The number of amides is 1. The Morgan fingerprint density at radius 3 is 1.31 bits per heavy atom. The minimum atomic E-state index is -5.11. The highest BCUT2D eigenvalue weighted by atomic mass is 19.4. The van der Waals surface area contributed by atoms with Crippen molar-refractivity contribution in [2.75, 3.05) is 85.1 Å². The van der Waals surface area contributed by atoms with Crippen LogP contribution in [0.25, 0.3) is 0 Å². The van der Waals surface area contributed by atoms with E-state index in [0.717, 1.165) is 0 Å². The zero-order valence-electron chi connectivity index (χ0n) is 24.4. The van der Waals surface area contributed by atoms with Crippen molar-refractivity contribution in [1.82, 2.24) is 24.9 Å². The lowest BCUT2D eigenvalue weighted by Gasteiger charge is -2.30.